The maximum atomic E-state index is 14.7. The van der Waals surface area contributed by atoms with Crippen molar-refractivity contribution in [3.05, 3.63) is 63.0 Å². The van der Waals surface area contributed by atoms with Gasteiger partial charge in [0.25, 0.3) is 5.91 Å². The summed E-state index contributed by atoms with van der Waals surface area (Å²) in [5, 5.41) is 0.649. The predicted molar refractivity (Wildman–Crippen MR) is 92.7 cm³/mol. The monoisotopic (exact) mass is 409 g/mol. The first-order valence-corrected chi connectivity index (χ1v) is 7.98. The molecular weight excluding hydrogens is 401 g/mol. The number of nitrogens with zero attached hydrogens (tertiary/aromatic N) is 1. The van der Waals surface area contributed by atoms with Crippen LogP contribution in [0, 0.1) is 5.82 Å². The molecule has 0 spiro atoms. The number of benzene rings is 2. The molecule has 0 amide bonds. The molecule has 0 unspecified atom stereocenters. The van der Waals surface area contributed by atoms with E-state index in [-0.39, 0.29) is 21.9 Å². The maximum absolute atomic E-state index is 14.7. The molecule has 3 rings (SSSR count). The Morgan fingerprint density at radius 2 is 2.12 bits per heavy atom. The second-order valence-corrected chi connectivity index (χ2v) is 6.21. The van der Waals surface area contributed by atoms with E-state index in [1.807, 2.05) is 6.07 Å². The normalized spacial score (nSPS) is 10.8. The van der Waals surface area contributed by atoms with E-state index in [4.69, 9.17) is 16.3 Å². The molecule has 3 aromatic rings. The minimum Gasteiger partial charge on any atom is -0.493 e. The number of aromatic nitrogens is 1. The second-order valence-electron chi connectivity index (χ2n) is 4.95. The lowest BCUT2D eigenvalue weighted by molar-refractivity contribution is 0.0959. The van der Waals surface area contributed by atoms with Crippen LogP contribution < -0.4 is 4.74 Å². The Balaban J connectivity index is 2.23. The van der Waals surface area contributed by atoms with Crippen molar-refractivity contribution in [1.29, 1.82) is 0 Å². The molecular formula is C17H10BrClFNO3. The third-order valence-corrected chi connectivity index (χ3v) is 4.64. The van der Waals surface area contributed by atoms with Crippen LogP contribution in [0.15, 0.2) is 41.0 Å². The van der Waals surface area contributed by atoms with E-state index in [0.29, 0.717) is 11.8 Å². The van der Waals surface area contributed by atoms with Crippen molar-refractivity contribution < 1.29 is 18.7 Å². The highest BCUT2D eigenvalue weighted by Gasteiger charge is 2.25. The summed E-state index contributed by atoms with van der Waals surface area (Å²) in [4.78, 5) is 23.8. The summed E-state index contributed by atoms with van der Waals surface area (Å²) in [5.74, 6) is -1.93. The Labute approximate surface area is 149 Å². The van der Waals surface area contributed by atoms with Gasteiger partial charge in [-0.15, -0.1) is 0 Å². The van der Waals surface area contributed by atoms with Gasteiger partial charge in [-0.05, 0) is 24.3 Å². The van der Waals surface area contributed by atoms with E-state index in [1.54, 1.807) is 18.2 Å². The van der Waals surface area contributed by atoms with Gasteiger partial charge < -0.3 is 4.74 Å². The Hall–Kier alpha value is -2.18. The van der Waals surface area contributed by atoms with Gasteiger partial charge in [-0.2, -0.15) is 0 Å². The third-order valence-electron chi connectivity index (χ3n) is 3.65. The molecule has 4 nitrogen and oxygen atoms in total. The highest BCUT2D eigenvalue weighted by atomic mass is 79.9. The van der Waals surface area contributed by atoms with Crippen molar-refractivity contribution in [3.8, 4) is 5.75 Å². The molecule has 0 N–H and O–H groups in total. The Bertz CT molecular complexity index is 984. The van der Waals surface area contributed by atoms with Crippen LogP contribution in [0.3, 0.4) is 0 Å². The van der Waals surface area contributed by atoms with Gasteiger partial charge in [-0.25, -0.2) is 4.39 Å². The quantitative estimate of drug-likeness (QED) is 0.588. The molecule has 0 saturated carbocycles. The van der Waals surface area contributed by atoms with Crippen molar-refractivity contribution in [2.75, 3.05) is 7.11 Å². The number of ether oxygens (including phenoxy) is 1. The van der Waals surface area contributed by atoms with E-state index in [2.05, 4.69) is 15.9 Å². The Morgan fingerprint density at radius 3 is 2.79 bits per heavy atom. The summed E-state index contributed by atoms with van der Waals surface area (Å²) in [6.07, 6.45) is 1.96. The summed E-state index contributed by atoms with van der Waals surface area (Å²) in [6.45, 7) is 0. The predicted octanol–water partition coefficient (Wildman–Crippen LogP) is 4.71. The summed E-state index contributed by atoms with van der Waals surface area (Å²) in [6, 6.07) is 8.29. The molecule has 24 heavy (non-hydrogen) atoms. The summed E-state index contributed by atoms with van der Waals surface area (Å²) in [5.41, 5.74) is 0.191. The molecule has 0 radical (unpaired) electrons. The molecule has 0 atom stereocenters. The lowest BCUT2D eigenvalue weighted by atomic mass is 10.1. The first-order valence-electron chi connectivity index (χ1n) is 6.81. The van der Waals surface area contributed by atoms with E-state index in [0.717, 1.165) is 9.86 Å². The topological polar surface area (TPSA) is 48.3 Å². The van der Waals surface area contributed by atoms with Crippen molar-refractivity contribution in [2.45, 2.75) is 0 Å². The van der Waals surface area contributed by atoms with Gasteiger partial charge >= 0.3 is 0 Å². The SMILES string of the molecule is COc1c(C=O)cc(Cl)c(C(=O)n2ccc3c(Br)cccc32)c1F. The third kappa shape index (κ3) is 2.52. The zero-order valence-electron chi connectivity index (χ0n) is 12.3. The van der Waals surface area contributed by atoms with Gasteiger partial charge in [-0.1, -0.05) is 33.6 Å². The van der Waals surface area contributed by atoms with Crippen LogP contribution in [-0.4, -0.2) is 23.9 Å². The number of fused-ring (bicyclic) bond motifs is 1. The smallest absolute Gasteiger partial charge is 0.267 e. The van der Waals surface area contributed by atoms with Crippen LogP contribution in [0.5, 0.6) is 5.75 Å². The number of halogens is 3. The molecule has 1 heterocycles. The molecule has 0 aliphatic rings. The van der Waals surface area contributed by atoms with Crippen LogP contribution in [0.25, 0.3) is 10.9 Å². The minimum atomic E-state index is -0.964. The number of methoxy groups -OCH3 is 1. The van der Waals surface area contributed by atoms with Gasteiger partial charge in [-0.3, -0.25) is 14.2 Å². The number of carbonyl (C=O) groups excluding carboxylic acids is 2. The van der Waals surface area contributed by atoms with Gasteiger partial charge in [0.2, 0.25) is 0 Å². The molecule has 1 aromatic heterocycles. The fourth-order valence-corrected chi connectivity index (χ4v) is 3.31. The van der Waals surface area contributed by atoms with Crippen LogP contribution in [0.4, 0.5) is 4.39 Å². The van der Waals surface area contributed by atoms with Gasteiger partial charge in [0.05, 0.1) is 28.8 Å². The molecule has 122 valence electrons. The molecule has 0 aliphatic carbocycles. The molecule has 0 fully saturated rings. The highest BCUT2D eigenvalue weighted by molar-refractivity contribution is 9.10. The van der Waals surface area contributed by atoms with Crippen molar-refractivity contribution in [1.82, 2.24) is 4.57 Å². The molecule has 0 bridgehead atoms. The lowest BCUT2D eigenvalue weighted by Gasteiger charge is -2.12. The van der Waals surface area contributed by atoms with Crippen molar-refractivity contribution >= 4 is 50.6 Å². The zero-order valence-corrected chi connectivity index (χ0v) is 14.7. The average molecular weight is 411 g/mol. The summed E-state index contributed by atoms with van der Waals surface area (Å²) < 4.78 is 21.7. The first kappa shape index (κ1) is 16.7. The average Bonchev–Trinajstić information content (AvgIpc) is 2.99. The van der Waals surface area contributed by atoms with Crippen molar-refractivity contribution in [3.63, 3.8) is 0 Å². The van der Waals surface area contributed by atoms with Crippen LogP contribution in [0.1, 0.15) is 20.7 Å². The maximum Gasteiger partial charge on any atom is 0.267 e. The number of hydrogen-bond donors (Lipinski definition) is 0. The van der Waals surface area contributed by atoms with E-state index in [1.165, 1.54) is 23.9 Å². The number of rotatable bonds is 3. The van der Waals surface area contributed by atoms with Gasteiger partial charge in [0, 0.05) is 16.1 Å². The first-order chi connectivity index (χ1) is 11.5. The summed E-state index contributed by atoms with van der Waals surface area (Å²) in [7, 11) is 1.22. The second kappa shape index (κ2) is 6.37. The van der Waals surface area contributed by atoms with E-state index < -0.39 is 11.7 Å². The van der Waals surface area contributed by atoms with Gasteiger partial charge in [0.15, 0.2) is 17.9 Å². The molecule has 0 aliphatic heterocycles. The zero-order chi connectivity index (χ0) is 17.4. The van der Waals surface area contributed by atoms with Gasteiger partial charge in [0.1, 0.15) is 0 Å². The summed E-state index contributed by atoms with van der Waals surface area (Å²) >= 11 is 9.44. The number of aldehydes is 1. The fraction of sp³-hybridized carbons (Fsp3) is 0.0588. The van der Waals surface area contributed by atoms with E-state index >= 15 is 0 Å². The van der Waals surface area contributed by atoms with E-state index in [9.17, 15) is 14.0 Å². The number of carbonyl (C=O) groups is 2. The fourth-order valence-electron chi connectivity index (χ4n) is 2.54. The Kier molecular flexibility index (Phi) is 4.43. The molecule has 7 heteroatoms. The van der Waals surface area contributed by atoms with Crippen molar-refractivity contribution in [2.24, 2.45) is 0 Å². The standard InChI is InChI=1S/C17H10BrClFNO3/c1-24-16-9(8-22)7-12(19)14(15(16)20)17(23)21-6-5-10-11(18)3-2-4-13(10)21/h2-8H,1H3. The van der Waals surface area contributed by atoms with Crippen LogP contribution in [-0.2, 0) is 0 Å². The molecule has 2 aromatic carbocycles. The molecule has 0 saturated heterocycles. The minimum absolute atomic E-state index is 0.0586. The van der Waals surface area contributed by atoms with Crippen LogP contribution in [0.2, 0.25) is 5.02 Å². The Morgan fingerprint density at radius 1 is 1.38 bits per heavy atom. The highest BCUT2D eigenvalue weighted by Crippen LogP contribution is 2.33. The number of hydrogen-bond acceptors (Lipinski definition) is 3. The largest absolute Gasteiger partial charge is 0.493 e. The van der Waals surface area contributed by atoms with Crippen LogP contribution >= 0.6 is 27.5 Å². The lowest BCUT2D eigenvalue weighted by Crippen LogP contribution is -2.15.